The highest BCUT2D eigenvalue weighted by atomic mass is 35.5. The SMILES string of the molecule is O=C(Nc1cccc(Cn2ccnc2)c1)[C@@H]1Cc2cc(Cl)ccc2O1. The van der Waals surface area contributed by atoms with Crippen molar-refractivity contribution in [2.45, 2.75) is 19.1 Å². The minimum absolute atomic E-state index is 0.160. The van der Waals surface area contributed by atoms with Crippen LogP contribution in [-0.4, -0.2) is 21.6 Å². The lowest BCUT2D eigenvalue weighted by Gasteiger charge is -2.12. The van der Waals surface area contributed by atoms with Gasteiger partial charge in [0.2, 0.25) is 0 Å². The van der Waals surface area contributed by atoms with Gasteiger partial charge in [0.15, 0.2) is 6.10 Å². The molecular weight excluding hydrogens is 338 g/mol. The van der Waals surface area contributed by atoms with Crippen LogP contribution >= 0.6 is 11.6 Å². The van der Waals surface area contributed by atoms with E-state index in [0.29, 0.717) is 18.0 Å². The van der Waals surface area contributed by atoms with Gasteiger partial charge in [-0.05, 0) is 41.5 Å². The topological polar surface area (TPSA) is 56.2 Å². The zero-order valence-corrected chi connectivity index (χ0v) is 14.1. The van der Waals surface area contributed by atoms with Crippen molar-refractivity contribution in [3.8, 4) is 5.75 Å². The molecule has 25 heavy (non-hydrogen) atoms. The number of anilines is 1. The van der Waals surface area contributed by atoms with Crippen LogP contribution in [0.15, 0.2) is 61.2 Å². The highest BCUT2D eigenvalue weighted by molar-refractivity contribution is 6.30. The molecule has 1 amide bonds. The van der Waals surface area contributed by atoms with Crippen LogP contribution in [0.25, 0.3) is 0 Å². The van der Waals surface area contributed by atoms with Gasteiger partial charge in [-0.1, -0.05) is 23.7 Å². The predicted molar refractivity (Wildman–Crippen MR) is 96.0 cm³/mol. The number of ether oxygens (including phenoxy) is 1. The average molecular weight is 354 g/mol. The van der Waals surface area contributed by atoms with Crippen molar-refractivity contribution < 1.29 is 9.53 Å². The van der Waals surface area contributed by atoms with E-state index >= 15 is 0 Å². The summed E-state index contributed by atoms with van der Waals surface area (Å²) in [5.74, 6) is 0.561. The van der Waals surface area contributed by atoms with Gasteiger partial charge in [-0.3, -0.25) is 4.79 Å². The molecule has 0 saturated carbocycles. The van der Waals surface area contributed by atoms with Crippen molar-refractivity contribution in [3.63, 3.8) is 0 Å². The fraction of sp³-hybridized carbons (Fsp3) is 0.158. The Balaban J connectivity index is 1.43. The lowest BCUT2D eigenvalue weighted by molar-refractivity contribution is -0.122. The van der Waals surface area contributed by atoms with E-state index in [9.17, 15) is 4.79 Å². The Morgan fingerprint density at radius 1 is 1.32 bits per heavy atom. The maximum Gasteiger partial charge on any atom is 0.265 e. The summed E-state index contributed by atoms with van der Waals surface area (Å²) in [7, 11) is 0. The van der Waals surface area contributed by atoms with Crippen LogP contribution < -0.4 is 10.1 Å². The molecule has 126 valence electrons. The van der Waals surface area contributed by atoms with Gasteiger partial charge in [-0.25, -0.2) is 4.98 Å². The molecule has 3 aromatic rings. The van der Waals surface area contributed by atoms with Crippen LogP contribution in [0.4, 0.5) is 5.69 Å². The molecule has 1 aromatic heterocycles. The molecule has 0 spiro atoms. The minimum Gasteiger partial charge on any atom is -0.480 e. The number of carbonyl (C=O) groups excluding carboxylic acids is 1. The van der Waals surface area contributed by atoms with Gasteiger partial charge in [-0.2, -0.15) is 0 Å². The first kappa shape index (κ1) is 15.7. The van der Waals surface area contributed by atoms with Gasteiger partial charge in [0, 0.05) is 36.1 Å². The molecule has 2 heterocycles. The van der Waals surface area contributed by atoms with Crippen LogP contribution in [0, 0.1) is 0 Å². The van der Waals surface area contributed by atoms with E-state index in [4.69, 9.17) is 16.3 Å². The molecule has 0 radical (unpaired) electrons. The first-order chi connectivity index (χ1) is 12.2. The highest BCUT2D eigenvalue weighted by Crippen LogP contribution is 2.31. The summed E-state index contributed by atoms with van der Waals surface area (Å²) < 4.78 is 7.70. The van der Waals surface area contributed by atoms with Crippen molar-refractivity contribution >= 4 is 23.2 Å². The Morgan fingerprint density at radius 3 is 3.08 bits per heavy atom. The standard InChI is InChI=1S/C19H16ClN3O2/c20-15-4-5-17-14(9-15)10-18(25-17)19(24)22-16-3-1-2-13(8-16)11-23-7-6-21-12-23/h1-9,12,18H,10-11H2,(H,22,24)/t18-/m0/s1. The van der Waals surface area contributed by atoms with E-state index in [-0.39, 0.29) is 5.91 Å². The first-order valence-corrected chi connectivity index (χ1v) is 8.36. The van der Waals surface area contributed by atoms with Crippen molar-refractivity contribution in [1.29, 1.82) is 0 Å². The molecule has 0 saturated heterocycles. The normalized spacial score (nSPS) is 15.5. The maximum atomic E-state index is 12.5. The third-order valence-electron chi connectivity index (χ3n) is 4.11. The summed E-state index contributed by atoms with van der Waals surface area (Å²) >= 11 is 5.99. The number of nitrogens with one attached hydrogen (secondary N) is 1. The molecule has 0 unspecified atom stereocenters. The monoisotopic (exact) mass is 353 g/mol. The highest BCUT2D eigenvalue weighted by Gasteiger charge is 2.29. The molecule has 1 aliphatic heterocycles. The molecule has 2 aromatic carbocycles. The van der Waals surface area contributed by atoms with E-state index in [1.165, 1.54) is 0 Å². The largest absolute Gasteiger partial charge is 0.480 e. The molecular formula is C19H16ClN3O2. The average Bonchev–Trinajstić information content (AvgIpc) is 3.24. The number of benzene rings is 2. The third-order valence-corrected chi connectivity index (χ3v) is 4.34. The Labute approximate surface area is 150 Å². The van der Waals surface area contributed by atoms with Gasteiger partial charge in [0.05, 0.1) is 6.33 Å². The van der Waals surface area contributed by atoms with Gasteiger partial charge in [-0.15, -0.1) is 0 Å². The number of carbonyl (C=O) groups is 1. The maximum absolute atomic E-state index is 12.5. The molecule has 1 atom stereocenters. The third kappa shape index (κ3) is 3.51. The van der Waals surface area contributed by atoms with Gasteiger partial charge >= 0.3 is 0 Å². The molecule has 1 N–H and O–H groups in total. The first-order valence-electron chi connectivity index (χ1n) is 7.98. The zero-order valence-electron chi connectivity index (χ0n) is 13.4. The summed E-state index contributed by atoms with van der Waals surface area (Å²) in [4.78, 5) is 16.5. The zero-order chi connectivity index (χ0) is 17.2. The summed E-state index contributed by atoms with van der Waals surface area (Å²) in [6, 6.07) is 13.2. The van der Waals surface area contributed by atoms with Crippen molar-refractivity contribution in [1.82, 2.24) is 9.55 Å². The number of hydrogen-bond acceptors (Lipinski definition) is 3. The van der Waals surface area contributed by atoms with Gasteiger partial charge in [0.1, 0.15) is 5.75 Å². The number of rotatable bonds is 4. The van der Waals surface area contributed by atoms with Crippen molar-refractivity contribution in [2.24, 2.45) is 0 Å². The van der Waals surface area contributed by atoms with Crippen molar-refractivity contribution in [3.05, 3.63) is 77.3 Å². The second-order valence-electron chi connectivity index (χ2n) is 5.99. The molecule has 0 bridgehead atoms. The van der Waals surface area contributed by atoms with Crippen LogP contribution in [0.2, 0.25) is 5.02 Å². The number of halogens is 1. The number of amides is 1. The molecule has 6 heteroatoms. The summed E-state index contributed by atoms with van der Waals surface area (Å²) in [6.07, 6.45) is 5.40. The molecule has 0 fully saturated rings. The fourth-order valence-corrected chi connectivity index (χ4v) is 3.12. The minimum atomic E-state index is -0.536. The Kier molecular flexibility index (Phi) is 4.15. The predicted octanol–water partition coefficient (Wildman–Crippen LogP) is 3.53. The van der Waals surface area contributed by atoms with E-state index in [0.717, 1.165) is 22.6 Å². The quantitative estimate of drug-likeness (QED) is 0.780. The van der Waals surface area contributed by atoms with E-state index < -0.39 is 6.10 Å². The molecule has 5 nitrogen and oxygen atoms in total. The van der Waals surface area contributed by atoms with E-state index in [1.54, 1.807) is 24.7 Å². The fourth-order valence-electron chi connectivity index (χ4n) is 2.92. The number of aromatic nitrogens is 2. The van der Waals surface area contributed by atoms with Gasteiger partial charge < -0.3 is 14.6 Å². The lowest BCUT2D eigenvalue weighted by Crippen LogP contribution is -2.31. The van der Waals surface area contributed by atoms with E-state index in [1.807, 2.05) is 41.1 Å². The molecule has 4 rings (SSSR count). The number of hydrogen-bond donors (Lipinski definition) is 1. The lowest BCUT2D eigenvalue weighted by atomic mass is 10.1. The van der Waals surface area contributed by atoms with Crippen LogP contribution in [0.3, 0.4) is 0 Å². The van der Waals surface area contributed by atoms with Crippen LogP contribution in [-0.2, 0) is 17.8 Å². The summed E-state index contributed by atoms with van der Waals surface area (Å²) in [5.41, 5.74) is 2.79. The number of nitrogens with zero attached hydrogens (tertiary/aromatic N) is 2. The van der Waals surface area contributed by atoms with Crippen LogP contribution in [0.5, 0.6) is 5.75 Å². The van der Waals surface area contributed by atoms with Crippen molar-refractivity contribution in [2.75, 3.05) is 5.32 Å². The Hall–Kier alpha value is -2.79. The number of imidazole rings is 1. The summed E-state index contributed by atoms with van der Waals surface area (Å²) in [6.45, 7) is 0.702. The Morgan fingerprint density at radius 2 is 2.24 bits per heavy atom. The Bertz CT molecular complexity index is 909. The molecule has 1 aliphatic rings. The number of fused-ring (bicyclic) bond motifs is 1. The van der Waals surface area contributed by atoms with Gasteiger partial charge in [0.25, 0.3) is 5.91 Å². The second kappa shape index (κ2) is 6.61. The van der Waals surface area contributed by atoms with E-state index in [2.05, 4.69) is 10.3 Å². The molecule has 0 aliphatic carbocycles. The smallest absolute Gasteiger partial charge is 0.265 e. The van der Waals surface area contributed by atoms with Crippen LogP contribution in [0.1, 0.15) is 11.1 Å². The summed E-state index contributed by atoms with van der Waals surface area (Å²) in [5, 5.41) is 3.58. The second-order valence-corrected chi connectivity index (χ2v) is 6.42.